The molecule has 0 aromatic rings. The highest BCUT2D eigenvalue weighted by atomic mass is 16.2. The molecule has 17 heavy (non-hydrogen) atoms. The van der Waals surface area contributed by atoms with E-state index in [-0.39, 0.29) is 6.04 Å². The van der Waals surface area contributed by atoms with E-state index >= 15 is 0 Å². The summed E-state index contributed by atoms with van der Waals surface area (Å²) in [6.07, 6.45) is 12.5. The lowest BCUT2D eigenvalue weighted by atomic mass is 9.96. The first-order valence-corrected chi connectivity index (χ1v) is 7.06. The number of nitrogens with zero attached hydrogens (tertiary/aromatic N) is 1. The third-order valence-corrected chi connectivity index (χ3v) is 4.17. The van der Waals surface area contributed by atoms with Gasteiger partial charge in [-0.15, -0.1) is 0 Å². The first kappa shape index (κ1) is 11.3. The van der Waals surface area contributed by atoms with E-state index in [4.69, 9.17) is 0 Å². The molecule has 2 unspecified atom stereocenters. The zero-order valence-corrected chi connectivity index (χ0v) is 10.4. The van der Waals surface area contributed by atoms with Crippen LogP contribution < -0.4 is 5.32 Å². The Kier molecular flexibility index (Phi) is 3.19. The summed E-state index contributed by atoms with van der Waals surface area (Å²) in [6, 6.07) is 1.22. The first-order chi connectivity index (χ1) is 8.34. The van der Waals surface area contributed by atoms with Crippen molar-refractivity contribution in [2.24, 2.45) is 0 Å². The molecule has 2 aliphatic carbocycles. The highest BCUT2D eigenvalue weighted by Gasteiger charge is 2.35. The number of hydrogen-bond donors (Lipinski definition) is 1. The quantitative estimate of drug-likeness (QED) is 0.756. The number of carbonyl (C=O) groups excluding carboxylic acids is 1. The Morgan fingerprint density at radius 1 is 1.18 bits per heavy atom. The Bertz CT molecular complexity index is 322. The SMILES string of the molecule is O=C1C(NC2CC2)CCCN1C1CC=CCC1. The molecule has 2 atom stereocenters. The zero-order valence-electron chi connectivity index (χ0n) is 10.4. The summed E-state index contributed by atoms with van der Waals surface area (Å²) in [7, 11) is 0. The fourth-order valence-electron chi connectivity index (χ4n) is 3.01. The van der Waals surface area contributed by atoms with E-state index in [1.807, 2.05) is 0 Å². The Morgan fingerprint density at radius 2 is 2.06 bits per heavy atom. The van der Waals surface area contributed by atoms with Crippen LogP contribution in [0, 0.1) is 0 Å². The molecule has 1 saturated heterocycles. The molecule has 0 spiro atoms. The van der Waals surface area contributed by atoms with E-state index in [1.165, 1.54) is 12.8 Å². The minimum atomic E-state index is 0.113. The molecule has 2 fully saturated rings. The molecule has 1 N–H and O–H groups in total. The van der Waals surface area contributed by atoms with Crippen LogP contribution in [0.2, 0.25) is 0 Å². The van der Waals surface area contributed by atoms with Crippen molar-refractivity contribution in [3.05, 3.63) is 12.2 Å². The van der Waals surface area contributed by atoms with Gasteiger partial charge in [-0.2, -0.15) is 0 Å². The van der Waals surface area contributed by atoms with E-state index in [9.17, 15) is 4.79 Å². The Labute approximate surface area is 103 Å². The van der Waals surface area contributed by atoms with Crippen molar-refractivity contribution in [1.29, 1.82) is 0 Å². The van der Waals surface area contributed by atoms with Crippen LogP contribution >= 0.6 is 0 Å². The van der Waals surface area contributed by atoms with Gasteiger partial charge in [-0.1, -0.05) is 12.2 Å². The molecule has 3 rings (SSSR count). The monoisotopic (exact) mass is 234 g/mol. The summed E-state index contributed by atoms with van der Waals surface area (Å²) in [4.78, 5) is 14.6. The van der Waals surface area contributed by atoms with Crippen LogP contribution in [0.25, 0.3) is 0 Å². The van der Waals surface area contributed by atoms with Crippen molar-refractivity contribution in [2.45, 2.75) is 63.1 Å². The van der Waals surface area contributed by atoms with Gasteiger partial charge in [-0.05, 0) is 44.9 Å². The van der Waals surface area contributed by atoms with Gasteiger partial charge in [0.2, 0.25) is 5.91 Å². The second kappa shape index (κ2) is 4.81. The summed E-state index contributed by atoms with van der Waals surface area (Å²) in [6.45, 7) is 0.972. The summed E-state index contributed by atoms with van der Waals surface area (Å²) in [5, 5.41) is 3.50. The molecule has 1 heterocycles. The van der Waals surface area contributed by atoms with Crippen LogP contribution in [0.3, 0.4) is 0 Å². The fourth-order valence-corrected chi connectivity index (χ4v) is 3.01. The van der Waals surface area contributed by atoms with Gasteiger partial charge >= 0.3 is 0 Å². The highest BCUT2D eigenvalue weighted by molar-refractivity contribution is 5.83. The fraction of sp³-hybridized carbons (Fsp3) is 0.786. The number of likely N-dealkylation sites (tertiary alicyclic amines) is 1. The lowest BCUT2D eigenvalue weighted by Gasteiger charge is -2.39. The van der Waals surface area contributed by atoms with Crippen LogP contribution in [0.15, 0.2) is 12.2 Å². The van der Waals surface area contributed by atoms with Gasteiger partial charge in [-0.3, -0.25) is 4.79 Å². The highest BCUT2D eigenvalue weighted by Crippen LogP contribution is 2.25. The summed E-state index contributed by atoms with van der Waals surface area (Å²) in [5.41, 5.74) is 0. The predicted octanol–water partition coefficient (Wildman–Crippen LogP) is 1.84. The van der Waals surface area contributed by atoms with E-state index in [1.54, 1.807) is 0 Å². The van der Waals surface area contributed by atoms with E-state index < -0.39 is 0 Å². The van der Waals surface area contributed by atoms with Crippen molar-refractivity contribution in [3.63, 3.8) is 0 Å². The third kappa shape index (κ3) is 2.54. The molecule has 3 nitrogen and oxygen atoms in total. The molecule has 0 aromatic heterocycles. The minimum Gasteiger partial charge on any atom is -0.338 e. The molecule has 0 aromatic carbocycles. The number of nitrogens with one attached hydrogen (secondary N) is 1. The molecule has 1 amide bonds. The Balaban J connectivity index is 1.62. The maximum atomic E-state index is 12.4. The number of carbonyl (C=O) groups is 1. The van der Waals surface area contributed by atoms with Crippen molar-refractivity contribution < 1.29 is 4.79 Å². The molecular formula is C14H22N2O. The predicted molar refractivity (Wildman–Crippen MR) is 67.7 cm³/mol. The van der Waals surface area contributed by atoms with Gasteiger partial charge < -0.3 is 10.2 Å². The van der Waals surface area contributed by atoms with Gasteiger partial charge in [0, 0.05) is 18.6 Å². The lowest BCUT2D eigenvalue weighted by Crippen LogP contribution is -2.54. The molecular weight excluding hydrogens is 212 g/mol. The van der Waals surface area contributed by atoms with Gasteiger partial charge in [-0.25, -0.2) is 0 Å². The average Bonchev–Trinajstić information content (AvgIpc) is 3.17. The van der Waals surface area contributed by atoms with Crippen molar-refractivity contribution in [1.82, 2.24) is 10.2 Å². The number of rotatable bonds is 3. The van der Waals surface area contributed by atoms with Crippen molar-refractivity contribution >= 4 is 5.91 Å². The van der Waals surface area contributed by atoms with Crippen LogP contribution in [0.4, 0.5) is 0 Å². The molecule has 94 valence electrons. The maximum absolute atomic E-state index is 12.4. The lowest BCUT2D eigenvalue weighted by molar-refractivity contribution is -0.138. The zero-order chi connectivity index (χ0) is 11.7. The Hall–Kier alpha value is -0.830. The summed E-state index contributed by atoms with van der Waals surface area (Å²) >= 11 is 0. The van der Waals surface area contributed by atoms with Gasteiger partial charge in [0.15, 0.2) is 0 Å². The molecule has 3 heteroatoms. The van der Waals surface area contributed by atoms with E-state index in [0.717, 1.165) is 38.6 Å². The molecule has 3 aliphatic rings. The van der Waals surface area contributed by atoms with Gasteiger partial charge in [0.1, 0.15) is 0 Å². The normalized spacial score (nSPS) is 34.1. The van der Waals surface area contributed by atoms with Gasteiger partial charge in [0.05, 0.1) is 6.04 Å². The van der Waals surface area contributed by atoms with Gasteiger partial charge in [0.25, 0.3) is 0 Å². The molecule has 0 bridgehead atoms. The van der Waals surface area contributed by atoms with Crippen LogP contribution in [0.1, 0.15) is 44.9 Å². The van der Waals surface area contributed by atoms with Crippen molar-refractivity contribution in [3.8, 4) is 0 Å². The number of amides is 1. The Morgan fingerprint density at radius 3 is 2.76 bits per heavy atom. The molecule has 0 radical (unpaired) electrons. The number of piperidine rings is 1. The van der Waals surface area contributed by atoms with Crippen LogP contribution in [0.5, 0.6) is 0 Å². The second-order valence-corrected chi connectivity index (χ2v) is 5.61. The van der Waals surface area contributed by atoms with E-state index in [2.05, 4.69) is 22.4 Å². The third-order valence-electron chi connectivity index (χ3n) is 4.17. The minimum absolute atomic E-state index is 0.113. The molecule has 1 aliphatic heterocycles. The first-order valence-electron chi connectivity index (χ1n) is 7.06. The van der Waals surface area contributed by atoms with Crippen molar-refractivity contribution in [2.75, 3.05) is 6.54 Å². The smallest absolute Gasteiger partial charge is 0.239 e. The van der Waals surface area contributed by atoms with E-state index in [0.29, 0.717) is 18.0 Å². The maximum Gasteiger partial charge on any atom is 0.239 e. The summed E-state index contributed by atoms with van der Waals surface area (Å²) < 4.78 is 0. The average molecular weight is 234 g/mol. The topological polar surface area (TPSA) is 32.3 Å². The standard InChI is InChI=1S/C14H22N2O/c17-14-13(15-11-8-9-11)7-4-10-16(14)12-5-2-1-3-6-12/h1-2,11-13,15H,3-10H2. The number of hydrogen-bond acceptors (Lipinski definition) is 2. The summed E-state index contributed by atoms with van der Waals surface area (Å²) in [5.74, 6) is 0.364. The number of allylic oxidation sites excluding steroid dienone is 1. The molecule has 1 saturated carbocycles. The van der Waals surface area contributed by atoms with Crippen LogP contribution in [-0.2, 0) is 4.79 Å². The van der Waals surface area contributed by atoms with Crippen LogP contribution in [-0.4, -0.2) is 35.5 Å². The largest absolute Gasteiger partial charge is 0.338 e. The second-order valence-electron chi connectivity index (χ2n) is 5.61.